The second kappa shape index (κ2) is 4.26. The van der Waals surface area contributed by atoms with Crippen LogP contribution >= 0.6 is 10.7 Å². The average Bonchev–Trinajstić information content (AvgIpc) is 2.26. The van der Waals surface area contributed by atoms with Crippen LogP contribution in [0, 0.1) is 0 Å². The number of hydrogen-bond acceptors (Lipinski definition) is 3. The van der Waals surface area contributed by atoms with Gasteiger partial charge in [-0.2, -0.15) is 0 Å². The van der Waals surface area contributed by atoms with Crippen LogP contribution in [0.2, 0.25) is 0 Å². The summed E-state index contributed by atoms with van der Waals surface area (Å²) in [7, 11) is 3.13. The maximum atomic E-state index is 11.4. The van der Waals surface area contributed by atoms with Gasteiger partial charge in [-0.05, 0) is 42.9 Å². The first-order valence-corrected chi connectivity index (χ1v) is 7.48. The molecule has 0 aliphatic heterocycles. The van der Waals surface area contributed by atoms with Crippen molar-refractivity contribution in [3.63, 3.8) is 0 Å². The van der Waals surface area contributed by atoms with Gasteiger partial charge in [0, 0.05) is 10.7 Å². The lowest BCUT2D eigenvalue weighted by molar-refractivity contribution is 0.394. The maximum absolute atomic E-state index is 11.4. The fourth-order valence-electron chi connectivity index (χ4n) is 2.19. The van der Waals surface area contributed by atoms with Crippen LogP contribution in [0.15, 0.2) is 17.0 Å². The van der Waals surface area contributed by atoms with Crippen molar-refractivity contribution in [1.29, 1.82) is 0 Å². The summed E-state index contributed by atoms with van der Waals surface area (Å²) in [5.41, 5.74) is 2.17. The second-order valence-electron chi connectivity index (χ2n) is 3.88. The zero-order valence-electron chi connectivity index (χ0n) is 8.99. The molecule has 3 nitrogen and oxygen atoms in total. The molecular formula is C11H13ClO3S. The highest BCUT2D eigenvalue weighted by Gasteiger charge is 2.23. The summed E-state index contributed by atoms with van der Waals surface area (Å²) >= 11 is 0. The molecule has 0 N–H and O–H groups in total. The van der Waals surface area contributed by atoms with Gasteiger partial charge in [-0.1, -0.05) is 6.07 Å². The number of aryl methyl sites for hydroxylation is 1. The van der Waals surface area contributed by atoms with Crippen LogP contribution in [0.25, 0.3) is 0 Å². The molecule has 0 radical (unpaired) electrons. The Morgan fingerprint density at radius 2 is 1.94 bits per heavy atom. The number of benzene rings is 1. The van der Waals surface area contributed by atoms with Crippen molar-refractivity contribution in [2.45, 2.75) is 30.6 Å². The van der Waals surface area contributed by atoms with Crippen LogP contribution < -0.4 is 4.74 Å². The van der Waals surface area contributed by atoms with Crippen LogP contribution in [-0.4, -0.2) is 15.5 Å². The van der Waals surface area contributed by atoms with Crippen molar-refractivity contribution in [3.05, 3.63) is 23.3 Å². The van der Waals surface area contributed by atoms with Crippen LogP contribution in [0.3, 0.4) is 0 Å². The first-order valence-electron chi connectivity index (χ1n) is 5.17. The molecule has 0 unspecified atom stereocenters. The highest BCUT2D eigenvalue weighted by molar-refractivity contribution is 8.13. The van der Waals surface area contributed by atoms with E-state index in [2.05, 4.69) is 0 Å². The highest BCUT2D eigenvalue weighted by Crippen LogP contribution is 2.36. The van der Waals surface area contributed by atoms with Gasteiger partial charge in [0.05, 0.1) is 7.11 Å². The summed E-state index contributed by atoms with van der Waals surface area (Å²) < 4.78 is 28.0. The number of halogens is 1. The predicted octanol–water partition coefficient (Wildman–Crippen LogP) is 2.50. The minimum Gasteiger partial charge on any atom is -0.495 e. The Morgan fingerprint density at radius 1 is 1.25 bits per heavy atom. The lowest BCUT2D eigenvalue weighted by Gasteiger charge is -2.20. The smallest absolute Gasteiger partial charge is 0.264 e. The van der Waals surface area contributed by atoms with Crippen LogP contribution in [0.5, 0.6) is 5.75 Å². The van der Waals surface area contributed by atoms with Crippen molar-refractivity contribution in [3.8, 4) is 5.75 Å². The molecule has 0 fully saturated rings. The van der Waals surface area contributed by atoms with E-state index in [-0.39, 0.29) is 4.90 Å². The van der Waals surface area contributed by atoms with Crippen molar-refractivity contribution < 1.29 is 13.2 Å². The SMILES string of the molecule is COc1c(S(=O)(=O)Cl)ccc2c1CCCC2. The molecule has 0 saturated heterocycles. The average molecular weight is 261 g/mol. The summed E-state index contributed by atoms with van der Waals surface area (Å²) in [6.45, 7) is 0. The molecule has 16 heavy (non-hydrogen) atoms. The highest BCUT2D eigenvalue weighted by atomic mass is 35.7. The minimum absolute atomic E-state index is 0.0808. The lowest BCUT2D eigenvalue weighted by Crippen LogP contribution is -2.08. The van der Waals surface area contributed by atoms with Gasteiger partial charge in [-0.3, -0.25) is 0 Å². The topological polar surface area (TPSA) is 43.4 Å². The van der Waals surface area contributed by atoms with Crippen LogP contribution in [-0.2, 0) is 21.9 Å². The van der Waals surface area contributed by atoms with E-state index in [0.29, 0.717) is 5.75 Å². The van der Waals surface area contributed by atoms with Gasteiger partial charge in [0.25, 0.3) is 9.05 Å². The van der Waals surface area contributed by atoms with E-state index in [9.17, 15) is 8.42 Å². The van der Waals surface area contributed by atoms with E-state index in [1.807, 2.05) is 6.07 Å². The molecule has 0 spiro atoms. The van der Waals surface area contributed by atoms with Crippen molar-refractivity contribution in [2.24, 2.45) is 0 Å². The Morgan fingerprint density at radius 3 is 2.56 bits per heavy atom. The molecule has 1 aromatic carbocycles. The number of methoxy groups -OCH3 is 1. The fraction of sp³-hybridized carbons (Fsp3) is 0.455. The molecule has 1 aromatic rings. The third-order valence-corrected chi connectivity index (χ3v) is 4.26. The quantitative estimate of drug-likeness (QED) is 0.768. The molecule has 0 amide bonds. The molecule has 0 saturated carbocycles. The molecule has 2 rings (SSSR count). The van der Waals surface area contributed by atoms with Gasteiger partial charge in [-0.25, -0.2) is 8.42 Å². The summed E-state index contributed by atoms with van der Waals surface area (Å²) in [5, 5.41) is 0. The van der Waals surface area contributed by atoms with E-state index in [1.165, 1.54) is 18.7 Å². The Bertz CT molecular complexity index is 508. The summed E-state index contributed by atoms with van der Waals surface area (Å²) in [6.07, 6.45) is 4.05. The van der Waals surface area contributed by atoms with Gasteiger partial charge in [0.15, 0.2) is 0 Å². The van der Waals surface area contributed by atoms with E-state index in [0.717, 1.165) is 31.2 Å². The first kappa shape index (κ1) is 11.7. The van der Waals surface area contributed by atoms with Crippen LogP contribution in [0.4, 0.5) is 0 Å². The minimum atomic E-state index is -3.73. The predicted molar refractivity (Wildman–Crippen MR) is 62.7 cm³/mol. The Labute approximate surface area is 99.8 Å². The largest absolute Gasteiger partial charge is 0.495 e. The molecule has 1 aliphatic rings. The van der Waals surface area contributed by atoms with Crippen molar-refractivity contribution in [1.82, 2.24) is 0 Å². The molecule has 0 atom stereocenters. The Hall–Kier alpha value is -0.740. The molecule has 88 valence electrons. The second-order valence-corrected chi connectivity index (χ2v) is 6.41. The van der Waals surface area contributed by atoms with Crippen LogP contribution in [0.1, 0.15) is 24.0 Å². The number of hydrogen-bond donors (Lipinski definition) is 0. The molecule has 5 heteroatoms. The third kappa shape index (κ3) is 2.04. The van der Waals surface area contributed by atoms with Crippen molar-refractivity contribution in [2.75, 3.05) is 7.11 Å². The Kier molecular flexibility index (Phi) is 3.13. The molecule has 0 aromatic heterocycles. The summed E-state index contributed by atoms with van der Waals surface area (Å²) in [5.74, 6) is 0.423. The van der Waals surface area contributed by atoms with Crippen molar-refractivity contribution >= 4 is 19.7 Å². The van der Waals surface area contributed by atoms with Gasteiger partial charge >= 0.3 is 0 Å². The molecule has 0 heterocycles. The molecular weight excluding hydrogens is 248 g/mol. The fourth-order valence-corrected chi connectivity index (χ4v) is 3.21. The third-order valence-electron chi connectivity index (χ3n) is 2.91. The van der Waals surface area contributed by atoms with E-state index in [1.54, 1.807) is 0 Å². The maximum Gasteiger partial charge on any atom is 0.264 e. The monoisotopic (exact) mass is 260 g/mol. The zero-order valence-corrected chi connectivity index (χ0v) is 10.6. The van der Waals surface area contributed by atoms with Gasteiger partial charge < -0.3 is 4.74 Å². The summed E-state index contributed by atoms with van der Waals surface area (Å²) in [6, 6.07) is 3.37. The number of ether oxygens (including phenoxy) is 1. The van der Waals surface area contributed by atoms with Gasteiger partial charge in [-0.15, -0.1) is 0 Å². The number of fused-ring (bicyclic) bond motifs is 1. The lowest BCUT2D eigenvalue weighted by atomic mass is 9.91. The summed E-state index contributed by atoms with van der Waals surface area (Å²) in [4.78, 5) is 0.0808. The van der Waals surface area contributed by atoms with Gasteiger partial charge in [0.1, 0.15) is 10.6 Å². The standard InChI is InChI=1S/C11H13ClO3S/c1-15-11-9-5-3-2-4-8(9)6-7-10(11)16(12,13)14/h6-7H,2-5H2,1H3. The number of rotatable bonds is 2. The van der Waals surface area contributed by atoms with E-state index in [4.69, 9.17) is 15.4 Å². The molecule has 0 bridgehead atoms. The first-order chi connectivity index (χ1) is 7.54. The van der Waals surface area contributed by atoms with E-state index >= 15 is 0 Å². The Balaban J connectivity index is 2.65. The molecule has 1 aliphatic carbocycles. The zero-order chi connectivity index (χ0) is 11.8. The normalized spacial score (nSPS) is 15.6. The van der Waals surface area contributed by atoms with Gasteiger partial charge in [0.2, 0.25) is 0 Å². The van der Waals surface area contributed by atoms with E-state index < -0.39 is 9.05 Å².